The topological polar surface area (TPSA) is 89.0 Å². The normalized spacial score (nSPS) is 14.3. The Bertz CT molecular complexity index is 446. The molecule has 1 amide bonds. The summed E-state index contributed by atoms with van der Waals surface area (Å²) in [5.74, 6) is -0.353. The van der Waals surface area contributed by atoms with E-state index in [9.17, 15) is 4.79 Å². The van der Waals surface area contributed by atoms with Gasteiger partial charge in [0.15, 0.2) is 5.75 Å². The zero-order chi connectivity index (χ0) is 10.8. The van der Waals surface area contributed by atoms with Crippen molar-refractivity contribution in [3.05, 3.63) is 23.5 Å². The highest BCUT2D eigenvalue weighted by molar-refractivity contribution is 5.97. The van der Waals surface area contributed by atoms with Crippen molar-refractivity contribution in [3.63, 3.8) is 0 Å². The maximum Gasteiger partial charge on any atom is 0.253 e. The monoisotopic (exact) mass is 203 g/mol. The van der Waals surface area contributed by atoms with E-state index in [-0.39, 0.29) is 17.2 Å². The molecule has 1 aliphatic rings. The molecule has 0 radical (unpaired) electrons. The Morgan fingerprint density at radius 3 is 2.87 bits per heavy atom. The summed E-state index contributed by atoms with van der Waals surface area (Å²) in [6, 6.07) is 1.87. The van der Waals surface area contributed by atoms with Crippen molar-refractivity contribution in [2.75, 3.05) is 0 Å². The number of nitrogens with zero attached hydrogens (tertiary/aromatic N) is 2. The number of ether oxygens (including phenoxy) is 1. The molecular weight excluding hydrogens is 194 g/mol. The van der Waals surface area contributed by atoms with Crippen LogP contribution in [-0.2, 0) is 0 Å². The smallest absolute Gasteiger partial charge is 0.253 e. The molecule has 1 aromatic rings. The Labute approximate surface area is 86.5 Å². The SMILES string of the molecule is N#Cc1cncc(OC2CC2)c1C(N)=O. The lowest BCUT2D eigenvalue weighted by atomic mass is 10.1. The van der Waals surface area contributed by atoms with Crippen molar-refractivity contribution in [1.82, 2.24) is 4.98 Å². The maximum atomic E-state index is 11.2. The predicted octanol–water partition coefficient (Wildman–Crippen LogP) is 0.593. The minimum atomic E-state index is -0.662. The van der Waals surface area contributed by atoms with Gasteiger partial charge in [-0.05, 0) is 12.8 Å². The van der Waals surface area contributed by atoms with Crippen LogP contribution in [0.2, 0.25) is 0 Å². The molecule has 0 unspecified atom stereocenters. The second-order valence-corrected chi connectivity index (χ2v) is 3.35. The maximum absolute atomic E-state index is 11.2. The van der Waals surface area contributed by atoms with E-state index >= 15 is 0 Å². The van der Waals surface area contributed by atoms with Gasteiger partial charge in [0.25, 0.3) is 5.91 Å². The van der Waals surface area contributed by atoms with E-state index in [0.29, 0.717) is 5.75 Å². The standard InChI is InChI=1S/C10H9N3O2/c11-3-6-4-13-5-8(9(6)10(12)14)15-7-1-2-7/h4-5,7H,1-2H2,(H2,12,14). The number of primary amides is 1. The van der Waals surface area contributed by atoms with Crippen LogP contribution in [0, 0.1) is 11.3 Å². The first-order valence-electron chi connectivity index (χ1n) is 4.57. The first kappa shape index (κ1) is 9.46. The molecule has 5 heteroatoms. The molecule has 0 aromatic carbocycles. The first-order chi connectivity index (χ1) is 7.22. The molecule has 1 saturated carbocycles. The van der Waals surface area contributed by atoms with Gasteiger partial charge in [0.1, 0.15) is 11.6 Å². The second kappa shape index (κ2) is 3.58. The van der Waals surface area contributed by atoms with E-state index in [1.54, 1.807) is 0 Å². The lowest BCUT2D eigenvalue weighted by Crippen LogP contribution is -2.16. The molecule has 0 bridgehead atoms. The number of aromatic nitrogens is 1. The number of carbonyl (C=O) groups excluding carboxylic acids is 1. The van der Waals surface area contributed by atoms with Crippen LogP contribution in [0.5, 0.6) is 5.75 Å². The molecule has 5 nitrogen and oxygen atoms in total. The average molecular weight is 203 g/mol. The number of nitrogens with two attached hydrogens (primary N) is 1. The highest BCUT2D eigenvalue weighted by Gasteiger charge is 2.26. The summed E-state index contributed by atoms with van der Waals surface area (Å²) < 4.78 is 5.45. The van der Waals surface area contributed by atoms with E-state index in [0.717, 1.165) is 12.8 Å². The molecular formula is C10H9N3O2. The Kier molecular flexibility index (Phi) is 2.26. The third kappa shape index (κ3) is 1.89. The highest BCUT2D eigenvalue weighted by atomic mass is 16.5. The third-order valence-corrected chi connectivity index (χ3v) is 2.10. The lowest BCUT2D eigenvalue weighted by molar-refractivity contribution is 0.0995. The average Bonchev–Trinajstić information content (AvgIpc) is 3.01. The van der Waals surface area contributed by atoms with Crippen molar-refractivity contribution in [2.24, 2.45) is 5.73 Å². The van der Waals surface area contributed by atoms with Crippen LogP contribution in [0.4, 0.5) is 0 Å². The lowest BCUT2D eigenvalue weighted by Gasteiger charge is -2.08. The van der Waals surface area contributed by atoms with Crippen molar-refractivity contribution in [3.8, 4) is 11.8 Å². The Hall–Kier alpha value is -2.09. The van der Waals surface area contributed by atoms with Crippen LogP contribution < -0.4 is 10.5 Å². The summed E-state index contributed by atoms with van der Waals surface area (Å²) in [4.78, 5) is 15.0. The van der Waals surface area contributed by atoms with Gasteiger partial charge in [0, 0.05) is 6.20 Å². The molecule has 76 valence electrons. The van der Waals surface area contributed by atoms with Gasteiger partial charge in [-0.2, -0.15) is 5.26 Å². The zero-order valence-electron chi connectivity index (χ0n) is 7.93. The molecule has 0 spiro atoms. The van der Waals surface area contributed by atoms with Gasteiger partial charge < -0.3 is 10.5 Å². The van der Waals surface area contributed by atoms with Gasteiger partial charge >= 0.3 is 0 Å². The quantitative estimate of drug-likeness (QED) is 0.778. The van der Waals surface area contributed by atoms with Crippen LogP contribution in [-0.4, -0.2) is 17.0 Å². The molecule has 1 heterocycles. The molecule has 0 atom stereocenters. The van der Waals surface area contributed by atoms with Crippen LogP contribution in [0.1, 0.15) is 28.8 Å². The van der Waals surface area contributed by atoms with E-state index < -0.39 is 5.91 Å². The molecule has 2 rings (SSSR count). The number of hydrogen-bond donors (Lipinski definition) is 1. The van der Waals surface area contributed by atoms with Gasteiger partial charge in [-0.1, -0.05) is 0 Å². The zero-order valence-corrected chi connectivity index (χ0v) is 7.93. The molecule has 0 aliphatic heterocycles. The van der Waals surface area contributed by atoms with E-state index in [1.807, 2.05) is 6.07 Å². The molecule has 15 heavy (non-hydrogen) atoms. The van der Waals surface area contributed by atoms with Gasteiger partial charge in [0.05, 0.1) is 17.9 Å². The minimum Gasteiger partial charge on any atom is -0.488 e. The number of nitriles is 1. The van der Waals surface area contributed by atoms with Crippen molar-refractivity contribution >= 4 is 5.91 Å². The highest BCUT2D eigenvalue weighted by Crippen LogP contribution is 2.29. The molecule has 0 saturated heterocycles. The summed E-state index contributed by atoms with van der Waals surface area (Å²) in [5, 5.41) is 8.79. The molecule has 1 aliphatic carbocycles. The largest absolute Gasteiger partial charge is 0.488 e. The van der Waals surface area contributed by atoms with Crippen LogP contribution in [0.25, 0.3) is 0 Å². The van der Waals surface area contributed by atoms with Gasteiger partial charge in [0.2, 0.25) is 0 Å². The molecule has 1 aromatic heterocycles. The van der Waals surface area contributed by atoms with E-state index in [1.165, 1.54) is 12.4 Å². The summed E-state index contributed by atoms with van der Waals surface area (Å²) in [5.41, 5.74) is 5.47. The summed E-state index contributed by atoms with van der Waals surface area (Å²) in [7, 11) is 0. The predicted molar refractivity (Wildman–Crippen MR) is 51.1 cm³/mol. The second-order valence-electron chi connectivity index (χ2n) is 3.35. The van der Waals surface area contributed by atoms with Gasteiger partial charge in [-0.15, -0.1) is 0 Å². The van der Waals surface area contributed by atoms with Crippen molar-refractivity contribution in [2.45, 2.75) is 18.9 Å². The molecule has 2 N–H and O–H groups in total. The molecule has 1 fully saturated rings. The van der Waals surface area contributed by atoms with Crippen molar-refractivity contribution < 1.29 is 9.53 Å². The van der Waals surface area contributed by atoms with Crippen molar-refractivity contribution in [1.29, 1.82) is 5.26 Å². The number of hydrogen-bond acceptors (Lipinski definition) is 4. The number of rotatable bonds is 3. The van der Waals surface area contributed by atoms with Gasteiger partial charge in [-0.25, -0.2) is 0 Å². The van der Waals surface area contributed by atoms with E-state index in [4.69, 9.17) is 15.7 Å². The summed E-state index contributed by atoms with van der Waals surface area (Å²) >= 11 is 0. The number of pyridine rings is 1. The van der Waals surface area contributed by atoms with Crippen LogP contribution >= 0.6 is 0 Å². The Morgan fingerprint density at radius 1 is 1.60 bits per heavy atom. The number of amides is 1. The third-order valence-electron chi connectivity index (χ3n) is 2.10. The van der Waals surface area contributed by atoms with E-state index in [2.05, 4.69) is 4.98 Å². The summed E-state index contributed by atoms with van der Waals surface area (Å²) in [6.07, 6.45) is 4.79. The van der Waals surface area contributed by atoms with Gasteiger partial charge in [-0.3, -0.25) is 9.78 Å². The fraction of sp³-hybridized carbons (Fsp3) is 0.300. The number of carbonyl (C=O) groups is 1. The fourth-order valence-electron chi connectivity index (χ4n) is 1.24. The minimum absolute atomic E-state index is 0.124. The Balaban J connectivity index is 2.42. The summed E-state index contributed by atoms with van der Waals surface area (Å²) in [6.45, 7) is 0. The van der Waals surface area contributed by atoms with Crippen LogP contribution in [0.15, 0.2) is 12.4 Å². The first-order valence-corrected chi connectivity index (χ1v) is 4.57. The Morgan fingerprint density at radius 2 is 2.33 bits per heavy atom. The fourth-order valence-corrected chi connectivity index (χ4v) is 1.24. The van der Waals surface area contributed by atoms with Crippen LogP contribution in [0.3, 0.4) is 0 Å².